The molecule has 0 radical (unpaired) electrons. The van der Waals surface area contributed by atoms with Crippen molar-refractivity contribution >= 4 is 15.9 Å². The zero-order chi connectivity index (χ0) is 11.5. The van der Waals surface area contributed by atoms with E-state index < -0.39 is 0 Å². The minimum absolute atomic E-state index is 0.187. The van der Waals surface area contributed by atoms with Crippen LogP contribution in [-0.4, -0.2) is 18.8 Å². The molecule has 0 aromatic heterocycles. The van der Waals surface area contributed by atoms with Crippen molar-refractivity contribution < 1.29 is 9.84 Å². The van der Waals surface area contributed by atoms with Crippen molar-refractivity contribution in [2.24, 2.45) is 0 Å². The van der Waals surface area contributed by atoms with Crippen molar-refractivity contribution in [1.82, 2.24) is 5.32 Å². The van der Waals surface area contributed by atoms with Gasteiger partial charge in [0.05, 0.1) is 11.6 Å². The largest absolute Gasteiger partial charge is 0.503 e. The molecule has 0 bridgehead atoms. The maximum absolute atomic E-state index is 9.91. The van der Waals surface area contributed by atoms with Crippen LogP contribution in [0.5, 0.6) is 11.5 Å². The van der Waals surface area contributed by atoms with Crippen LogP contribution in [-0.2, 0) is 0 Å². The van der Waals surface area contributed by atoms with Gasteiger partial charge in [0, 0.05) is 11.6 Å². The van der Waals surface area contributed by atoms with Gasteiger partial charge in [-0.3, -0.25) is 0 Å². The summed E-state index contributed by atoms with van der Waals surface area (Å²) < 4.78 is 5.96. The molecule has 0 aliphatic carbocycles. The van der Waals surface area contributed by atoms with E-state index in [9.17, 15) is 5.11 Å². The highest BCUT2D eigenvalue weighted by Crippen LogP contribution is 2.41. The van der Waals surface area contributed by atoms with Crippen LogP contribution < -0.4 is 10.1 Å². The first-order valence-electron chi connectivity index (χ1n) is 5.52. The Bertz CT molecular complexity index is 376. The van der Waals surface area contributed by atoms with Crippen molar-refractivity contribution in [3.63, 3.8) is 0 Å². The minimum atomic E-state index is 0.187. The maximum Gasteiger partial charge on any atom is 0.172 e. The second-order valence-electron chi connectivity index (χ2n) is 4.02. The van der Waals surface area contributed by atoms with Gasteiger partial charge in [-0.15, -0.1) is 0 Å². The molecule has 0 spiro atoms. The molecule has 4 heteroatoms. The van der Waals surface area contributed by atoms with Crippen LogP contribution in [0.3, 0.4) is 0 Å². The fourth-order valence-electron chi connectivity index (χ4n) is 2.17. The molecule has 0 saturated carbocycles. The standard InChI is InChI=1S/C12H16BrNO2/c1-16-12-8(5-6-9(13)11(12)15)10-4-2-3-7-14-10/h5-6,10,14-15H,2-4,7H2,1H3. The van der Waals surface area contributed by atoms with Crippen LogP contribution in [0.15, 0.2) is 16.6 Å². The molecule has 2 N–H and O–H groups in total. The molecule has 1 atom stereocenters. The number of hydrogen-bond acceptors (Lipinski definition) is 3. The highest BCUT2D eigenvalue weighted by molar-refractivity contribution is 9.10. The maximum atomic E-state index is 9.91. The van der Waals surface area contributed by atoms with Gasteiger partial charge in [0.1, 0.15) is 0 Å². The van der Waals surface area contributed by atoms with E-state index in [1.807, 2.05) is 12.1 Å². The number of ether oxygens (including phenoxy) is 1. The summed E-state index contributed by atoms with van der Waals surface area (Å²) in [5.41, 5.74) is 1.04. The van der Waals surface area contributed by atoms with Gasteiger partial charge in [-0.05, 0) is 41.4 Å². The third kappa shape index (κ3) is 2.18. The van der Waals surface area contributed by atoms with Gasteiger partial charge in [-0.25, -0.2) is 0 Å². The lowest BCUT2D eigenvalue weighted by Gasteiger charge is -2.25. The van der Waals surface area contributed by atoms with Crippen LogP contribution >= 0.6 is 15.9 Å². The first-order chi connectivity index (χ1) is 7.74. The molecule has 0 amide bonds. The van der Waals surface area contributed by atoms with Crippen LogP contribution in [0.25, 0.3) is 0 Å². The van der Waals surface area contributed by atoms with Gasteiger partial charge in [-0.1, -0.05) is 12.5 Å². The Labute approximate surface area is 104 Å². The lowest BCUT2D eigenvalue weighted by atomic mass is 9.96. The summed E-state index contributed by atoms with van der Waals surface area (Å²) in [4.78, 5) is 0. The number of phenolic OH excluding ortho intramolecular Hbond substituents is 1. The Hall–Kier alpha value is -0.740. The van der Waals surface area contributed by atoms with Gasteiger partial charge >= 0.3 is 0 Å². The number of phenols is 1. The minimum Gasteiger partial charge on any atom is -0.503 e. The van der Waals surface area contributed by atoms with E-state index in [1.165, 1.54) is 12.8 Å². The molecule has 1 aromatic carbocycles. The molecule has 2 rings (SSSR count). The second-order valence-corrected chi connectivity index (χ2v) is 4.88. The molecule has 1 unspecified atom stereocenters. The summed E-state index contributed by atoms with van der Waals surface area (Å²) in [6.45, 7) is 1.03. The smallest absolute Gasteiger partial charge is 0.172 e. The number of methoxy groups -OCH3 is 1. The predicted molar refractivity (Wildman–Crippen MR) is 67.0 cm³/mol. The summed E-state index contributed by atoms with van der Waals surface area (Å²) >= 11 is 3.29. The third-order valence-corrected chi connectivity index (χ3v) is 3.64. The Morgan fingerprint density at radius 1 is 1.44 bits per heavy atom. The van der Waals surface area contributed by atoms with Gasteiger partial charge in [0.25, 0.3) is 0 Å². The molecule has 1 heterocycles. The summed E-state index contributed by atoms with van der Waals surface area (Å²) in [5.74, 6) is 0.765. The van der Waals surface area contributed by atoms with Crippen LogP contribution in [0, 0.1) is 0 Å². The van der Waals surface area contributed by atoms with Crippen LogP contribution in [0.1, 0.15) is 30.9 Å². The van der Waals surface area contributed by atoms with Crippen molar-refractivity contribution in [1.29, 1.82) is 0 Å². The zero-order valence-electron chi connectivity index (χ0n) is 9.29. The van der Waals surface area contributed by atoms with Crippen molar-refractivity contribution in [2.75, 3.05) is 13.7 Å². The molecule has 1 aromatic rings. The van der Waals surface area contributed by atoms with Crippen LogP contribution in [0.4, 0.5) is 0 Å². The highest BCUT2D eigenvalue weighted by Gasteiger charge is 2.21. The highest BCUT2D eigenvalue weighted by atomic mass is 79.9. The summed E-state index contributed by atoms with van der Waals surface area (Å²) in [5, 5.41) is 13.4. The molecule has 1 saturated heterocycles. The third-order valence-electron chi connectivity index (χ3n) is 3.00. The lowest BCUT2D eigenvalue weighted by Crippen LogP contribution is -2.27. The molecule has 88 valence electrons. The number of piperidine rings is 1. The van der Waals surface area contributed by atoms with Crippen molar-refractivity contribution in [3.8, 4) is 11.5 Å². The molecule has 3 nitrogen and oxygen atoms in total. The average Bonchev–Trinajstić information content (AvgIpc) is 2.33. The number of rotatable bonds is 2. The fourth-order valence-corrected chi connectivity index (χ4v) is 2.48. The monoisotopic (exact) mass is 285 g/mol. The van der Waals surface area contributed by atoms with Gasteiger partial charge in [0.15, 0.2) is 11.5 Å². The van der Waals surface area contributed by atoms with Crippen molar-refractivity contribution in [2.45, 2.75) is 25.3 Å². The van der Waals surface area contributed by atoms with Gasteiger partial charge in [-0.2, -0.15) is 0 Å². The van der Waals surface area contributed by atoms with Gasteiger partial charge < -0.3 is 15.2 Å². The average molecular weight is 286 g/mol. The van der Waals surface area contributed by atoms with E-state index in [0.717, 1.165) is 18.5 Å². The molecular formula is C12H16BrNO2. The number of nitrogens with one attached hydrogen (secondary N) is 1. The molecule has 1 aliphatic heterocycles. The number of halogens is 1. The number of hydrogen-bond donors (Lipinski definition) is 2. The second kappa shape index (κ2) is 5.06. The van der Waals surface area contributed by atoms with E-state index in [1.54, 1.807) is 7.11 Å². The summed E-state index contributed by atoms with van der Waals surface area (Å²) in [7, 11) is 1.59. The summed E-state index contributed by atoms with van der Waals surface area (Å²) in [6.07, 6.45) is 3.54. The first kappa shape index (κ1) is 11.7. The normalized spacial score (nSPS) is 20.8. The molecule has 1 fully saturated rings. The van der Waals surface area contributed by atoms with E-state index in [0.29, 0.717) is 16.3 Å². The SMILES string of the molecule is COc1c(C2CCCCN2)ccc(Br)c1O. The summed E-state index contributed by atoms with van der Waals surface area (Å²) in [6, 6.07) is 4.16. The predicted octanol–water partition coefficient (Wildman–Crippen LogP) is 2.98. The quantitative estimate of drug-likeness (QED) is 0.878. The topological polar surface area (TPSA) is 41.5 Å². The lowest BCUT2D eigenvalue weighted by molar-refractivity contribution is 0.348. The van der Waals surface area contributed by atoms with Gasteiger partial charge in [0.2, 0.25) is 0 Å². The Kier molecular flexibility index (Phi) is 3.71. The Morgan fingerprint density at radius 2 is 2.25 bits per heavy atom. The molecule has 16 heavy (non-hydrogen) atoms. The van der Waals surface area contributed by atoms with Crippen LogP contribution in [0.2, 0.25) is 0 Å². The molecule has 1 aliphatic rings. The van der Waals surface area contributed by atoms with E-state index in [2.05, 4.69) is 21.2 Å². The number of benzene rings is 1. The van der Waals surface area contributed by atoms with E-state index >= 15 is 0 Å². The molecular weight excluding hydrogens is 270 g/mol. The van der Waals surface area contributed by atoms with E-state index in [4.69, 9.17) is 4.74 Å². The van der Waals surface area contributed by atoms with Crippen molar-refractivity contribution in [3.05, 3.63) is 22.2 Å². The number of aromatic hydroxyl groups is 1. The Morgan fingerprint density at radius 3 is 2.88 bits per heavy atom. The Balaban J connectivity index is 2.35. The first-order valence-corrected chi connectivity index (χ1v) is 6.32. The zero-order valence-corrected chi connectivity index (χ0v) is 10.9. The van der Waals surface area contributed by atoms with E-state index in [-0.39, 0.29) is 5.75 Å². The fraction of sp³-hybridized carbons (Fsp3) is 0.500.